The van der Waals surface area contributed by atoms with E-state index in [-0.39, 0.29) is 0 Å². The van der Waals surface area contributed by atoms with Gasteiger partial charge in [-0.25, -0.2) is 0 Å². The highest BCUT2D eigenvalue weighted by molar-refractivity contribution is 5.59. The first kappa shape index (κ1) is 13.0. The van der Waals surface area contributed by atoms with E-state index < -0.39 is 0 Å². The van der Waals surface area contributed by atoms with Gasteiger partial charge in [0.15, 0.2) is 0 Å². The lowest BCUT2D eigenvalue weighted by Gasteiger charge is -2.01. The molecule has 1 aliphatic rings. The van der Waals surface area contributed by atoms with Gasteiger partial charge in [-0.2, -0.15) is 0 Å². The van der Waals surface area contributed by atoms with Crippen LogP contribution in [0.1, 0.15) is 47.0 Å². The van der Waals surface area contributed by atoms with Crippen molar-refractivity contribution >= 4 is 6.21 Å². The first-order valence-electron chi connectivity index (χ1n) is 4.60. The molecule has 1 heterocycles. The van der Waals surface area contributed by atoms with E-state index in [2.05, 4.69) is 11.6 Å². The predicted octanol–water partition coefficient (Wildman–Crippen LogP) is 3.81. The molecule has 0 radical (unpaired) electrons. The highest BCUT2D eigenvalue weighted by Crippen LogP contribution is 2.09. The van der Waals surface area contributed by atoms with Crippen molar-refractivity contribution in [2.24, 2.45) is 4.99 Å². The molecule has 0 N–H and O–H groups in total. The van der Waals surface area contributed by atoms with Crippen LogP contribution in [0.4, 0.5) is 0 Å². The molecule has 0 spiro atoms. The highest BCUT2D eigenvalue weighted by atomic mass is 14.7. The first-order chi connectivity index (χ1) is 5.39. The molecule has 0 aromatic rings. The van der Waals surface area contributed by atoms with E-state index in [0.717, 1.165) is 18.5 Å². The minimum Gasteiger partial charge on any atom is -0.266 e. The zero-order valence-electron chi connectivity index (χ0n) is 8.35. The van der Waals surface area contributed by atoms with Crippen LogP contribution in [0.3, 0.4) is 0 Å². The molecule has 0 unspecified atom stereocenters. The van der Waals surface area contributed by atoms with Crippen LogP contribution < -0.4 is 0 Å². The average Bonchev–Trinajstić information content (AvgIpc) is 2.13. The Morgan fingerprint density at radius 1 is 1.27 bits per heavy atom. The van der Waals surface area contributed by atoms with Crippen molar-refractivity contribution in [1.82, 2.24) is 0 Å². The Balaban J connectivity index is 0. The van der Waals surface area contributed by atoms with Crippen LogP contribution in [0.15, 0.2) is 17.3 Å². The standard InChI is InChI=1S/C6H9N.2C2H6/c1-6-4-2-3-5-7-6;2*1-2/h5H,1-4H2;2*1-2H3. The Kier molecular flexibility index (Phi) is 14.4. The maximum absolute atomic E-state index is 4.01. The van der Waals surface area contributed by atoms with Crippen molar-refractivity contribution in [2.75, 3.05) is 0 Å². The van der Waals surface area contributed by atoms with E-state index in [1.54, 1.807) is 0 Å². The lowest BCUT2D eigenvalue weighted by Crippen LogP contribution is -1.87. The largest absolute Gasteiger partial charge is 0.266 e. The van der Waals surface area contributed by atoms with Gasteiger partial charge in [0.05, 0.1) is 0 Å². The van der Waals surface area contributed by atoms with Gasteiger partial charge in [0.2, 0.25) is 0 Å². The van der Waals surface area contributed by atoms with Crippen LogP contribution in [0, 0.1) is 0 Å². The van der Waals surface area contributed by atoms with E-state index in [9.17, 15) is 0 Å². The SMILES string of the molecule is C=C1CCCC=N1.CC.CC. The summed E-state index contributed by atoms with van der Waals surface area (Å²) >= 11 is 0. The molecule has 0 saturated heterocycles. The van der Waals surface area contributed by atoms with Crippen molar-refractivity contribution < 1.29 is 0 Å². The molecular formula is C10H21N. The number of nitrogens with zero attached hydrogens (tertiary/aromatic N) is 1. The molecule has 0 atom stereocenters. The Morgan fingerprint density at radius 3 is 2.00 bits per heavy atom. The highest BCUT2D eigenvalue weighted by Gasteiger charge is 1.93. The van der Waals surface area contributed by atoms with Crippen LogP contribution in [0.2, 0.25) is 0 Å². The van der Waals surface area contributed by atoms with Crippen LogP contribution in [0.25, 0.3) is 0 Å². The second kappa shape index (κ2) is 12.1. The summed E-state index contributed by atoms with van der Waals surface area (Å²) < 4.78 is 0. The van der Waals surface area contributed by atoms with Gasteiger partial charge in [0.25, 0.3) is 0 Å². The first-order valence-corrected chi connectivity index (χ1v) is 4.60. The summed E-state index contributed by atoms with van der Waals surface area (Å²) in [5, 5.41) is 0. The van der Waals surface area contributed by atoms with Crippen LogP contribution in [0.5, 0.6) is 0 Å². The summed E-state index contributed by atoms with van der Waals surface area (Å²) in [6.45, 7) is 11.7. The smallest absolute Gasteiger partial charge is 0.0328 e. The minimum absolute atomic E-state index is 1.03. The summed E-state index contributed by atoms with van der Waals surface area (Å²) in [5.74, 6) is 0. The molecule has 1 nitrogen and oxygen atoms in total. The van der Waals surface area contributed by atoms with Crippen LogP contribution >= 0.6 is 0 Å². The van der Waals surface area contributed by atoms with Gasteiger partial charge < -0.3 is 0 Å². The summed E-state index contributed by atoms with van der Waals surface area (Å²) in [6.07, 6.45) is 5.41. The van der Waals surface area contributed by atoms with Gasteiger partial charge in [-0.15, -0.1) is 0 Å². The summed E-state index contributed by atoms with van der Waals surface area (Å²) in [6, 6.07) is 0. The number of rotatable bonds is 0. The third kappa shape index (κ3) is 9.41. The van der Waals surface area contributed by atoms with Gasteiger partial charge in [0, 0.05) is 11.9 Å². The molecule has 0 bridgehead atoms. The Hall–Kier alpha value is -0.590. The van der Waals surface area contributed by atoms with Gasteiger partial charge >= 0.3 is 0 Å². The molecule has 66 valence electrons. The van der Waals surface area contributed by atoms with Crippen LogP contribution in [-0.2, 0) is 0 Å². The Bertz CT molecular complexity index is 103. The lowest BCUT2D eigenvalue weighted by molar-refractivity contribution is 0.827. The maximum atomic E-state index is 4.01. The molecule has 0 fully saturated rings. The number of hydrogen-bond acceptors (Lipinski definition) is 1. The minimum atomic E-state index is 1.03. The maximum Gasteiger partial charge on any atom is 0.0328 e. The van der Waals surface area contributed by atoms with Gasteiger partial charge in [-0.05, 0) is 19.3 Å². The summed E-state index contributed by atoms with van der Waals surface area (Å²) in [5.41, 5.74) is 1.03. The predicted molar refractivity (Wildman–Crippen MR) is 54.2 cm³/mol. The van der Waals surface area contributed by atoms with Crippen molar-refractivity contribution in [1.29, 1.82) is 0 Å². The van der Waals surface area contributed by atoms with Crippen LogP contribution in [-0.4, -0.2) is 6.21 Å². The molecule has 0 aliphatic carbocycles. The topological polar surface area (TPSA) is 12.4 Å². The monoisotopic (exact) mass is 155 g/mol. The van der Waals surface area contributed by atoms with E-state index in [0.29, 0.717) is 0 Å². The van der Waals surface area contributed by atoms with Crippen molar-refractivity contribution in [3.63, 3.8) is 0 Å². The zero-order valence-corrected chi connectivity index (χ0v) is 8.35. The van der Waals surface area contributed by atoms with E-state index in [1.807, 2.05) is 33.9 Å². The Morgan fingerprint density at radius 2 is 1.82 bits per heavy atom. The van der Waals surface area contributed by atoms with E-state index in [4.69, 9.17) is 0 Å². The number of aliphatic imine (C=N–C) groups is 1. The lowest BCUT2D eigenvalue weighted by atomic mass is 10.2. The van der Waals surface area contributed by atoms with E-state index >= 15 is 0 Å². The fourth-order valence-electron chi connectivity index (χ4n) is 0.656. The average molecular weight is 155 g/mol. The van der Waals surface area contributed by atoms with Gasteiger partial charge in [-0.3, -0.25) is 4.99 Å². The number of hydrogen-bond donors (Lipinski definition) is 0. The van der Waals surface area contributed by atoms with Crippen molar-refractivity contribution in [3.05, 3.63) is 12.3 Å². The van der Waals surface area contributed by atoms with Gasteiger partial charge in [-0.1, -0.05) is 34.3 Å². The van der Waals surface area contributed by atoms with Crippen molar-refractivity contribution in [2.45, 2.75) is 47.0 Å². The van der Waals surface area contributed by atoms with E-state index in [1.165, 1.54) is 6.42 Å². The molecule has 0 amide bonds. The summed E-state index contributed by atoms with van der Waals surface area (Å²) in [7, 11) is 0. The number of allylic oxidation sites excluding steroid dienone is 1. The molecular weight excluding hydrogens is 134 g/mol. The Labute approximate surface area is 71.2 Å². The van der Waals surface area contributed by atoms with Gasteiger partial charge in [0.1, 0.15) is 0 Å². The molecule has 1 heteroatoms. The second-order valence-electron chi connectivity index (χ2n) is 1.77. The molecule has 0 aromatic heterocycles. The fourth-order valence-corrected chi connectivity index (χ4v) is 0.656. The molecule has 0 aromatic carbocycles. The molecule has 1 rings (SSSR count). The quantitative estimate of drug-likeness (QED) is 0.504. The third-order valence-electron chi connectivity index (χ3n) is 1.07. The fraction of sp³-hybridized carbons (Fsp3) is 0.700. The summed E-state index contributed by atoms with van der Waals surface area (Å²) in [4.78, 5) is 4.01. The molecule has 0 saturated carbocycles. The molecule has 11 heavy (non-hydrogen) atoms. The van der Waals surface area contributed by atoms with Crippen molar-refractivity contribution in [3.8, 4) is 0 Å². The molecule has 1 aliphatic heterocycles. The normalized spacial score (nSPS) is 14.0. The zero-order chi connectivity index (χ0) is 9.11. The second-order valence-corrected chi connectivity index (χ2v) is 1.77. The third-order valence-corrected chi connectivity index (χ3v) is 1.07.